The molecule has 1 amide bonds. The van der Waals surface area contributed by atoms with Gasteiger partial charge in [0, 0.05) is 12.7 Å². The SMILES string of the molecule is CCc1cccc(C)c1NC(=O)CSc1nnc(COc2cccc(C)c2C)n1C. The molecule has 1 heterocycles. The number of carbonyl (C=O) groups is 1. The first kappa shape index (κ1) is 21.9. The van der Waals surface area contributed by atoms with E-state index in [-0.39, 0.29) is 11.7 Å². The summed E-state index contributed by atoms with van der Waals surface area (Å²) < 4.78 is 7.80. The number of para-hydroxylation sites is 1. The molecule has 3 rings (SSSR count). The van der Waals surface area contributed by atoms with Crippen molar-refractivity contribution in [2.45, 2.75) is 45.9 Å². The van der Waals surface area contributed by atoms with Crippen molar-refractivity contribution in [3.63, 3.8) is 0 Å². The van der Waals surface area contributed by atoms with Gasteiger partial charge >= 0.3 is 0 Å². The fourth-order valence-corrected chi connectivity index (χ4v) is 3.86. The molecule has 0 aliphatic carbocycles. The Kier molecular flexibility index (Phi) is 7.15. The van der Waals surface area contributed by atoms with Gasteiger partial charge in [0.15, 0.2) is 11.0 Å². The Balaban J connectivity index is 1.59. The lowest BCUT2D eigenvalue weighted by molar-refractivity contribution is -0.113. The van der Waals surface area contributed by atoms with Crippen molar-refractivity contribution in [1.82, 2.24) is 14.8 Å². The Labute approximate surface area is 182 Å². The Hall–Kier alpha value is -2.80. The highest BCUT2D eigenvalue weighted by Gasteiger charge is 2.14. The van der Waals surface area contributed by atoms with Crippen LogP contribution >= 0.6 is 11.8 Å². The molecular formula is C23H28N4O2S. The summed E-state index contributed by atoms with van der Waals surface area (Å²) in [5.74, 6) is 1.77. The predicted octanol–water partition coefficient (Wildman–Crippen LogP) is 4.61. The maximum Gasteiger partial charge on any atom is 0.234 e. The van der Waals surface area contributed by atoms with E-state index in [0.717, 1.165) is 34.5 Å². The molecule has 0 atom stereocenters. The average Bonchev–Trinajstić information content (AvgIpc) is 3.08. The summed E-state index contributed by atoms with van der Waals surface area (Å²) in [5, 5.41) is 12.2. The monoisotopic (exact) mass is 424 g/mol. The molecule has 0 saturated heterocycles. The lowest BCUT2D eigenvalue weighted by Gasteiger charge is -2.13. The van der Waals surface area contributed by atoms with Crippen molar-refractivity contribution in [3.05, 3.63) is 64.5 Å². The molecule has 0 spiro atoms. The van der Waals surface area contributed by atoms with Crippen molar-refractivity contribution >= 4 is 23.4 Å². The summed E-state index contributed by atoms with van der Waals surface area (Å²) in [6, 6.07) is 12.1. The molecule has 0 saturated carbocycles. The van der Waals surface area contributed by atoms with Gasteiger partial charge in [-0.1, -0.05) is 49.0 Å². The van der Waals surface area contributed by atoms with Gasteiger partial charge < -0.3 is 14.6 Å². The third kappa shape index (κ3) is 5.02. The lowest BCUT2D eigenvalue weighted by atomic mass is 10.1. The van der Waals surface area contributed by atoms with E-state index in [9.17, 15) is 4.79 Å². The van der Waals surface area contributed by atoms with Crippen LogP contribution in [0.1, 0.15) is 35.0 Å². The van der Waals surface area contributed by atoms with Crippen molar-refractivity contribution < 1.29 is 9.53 Å². The molecule has 0 radical (unpaired) electrons. The Bertz CT molecular complexity index is 1050. The van der Waals surface area contributed by atoms with Gasteiger partial charge in [0.2, 0.25) is 5.91 Å². The molecule has 0 aliphatic rings. The number of nitrogens with one attached hydrogen (secondary N) is 1. The zero-order valence-electron chi connectivity index (χ0n) is 18.2. The minimum absolute atomic E-state index is 0.0554. The molecule has 1 aromatic heterocycles. The van der Waals surface area contributed by atoms with E-state index in [1.807, 2.05) is 55.8 Å². The number of carbonyl (C=O) groups excluding carboxylic acids is 1. The van der Waals surface area contributed by atoms with E-state index in [2.05, 4.69) is 35.4 Å². The van der Waals surface area contributed by atoms with Gasteiger partial charge in [-0.05, 0) is 55.5 Å². The van der Waals surface area contributed by atoms with Gasteiger partial charge in [-0.3, -0.25) is 4.79 Å². The van der Waals surface area contributed by atoms with Crippen LogP contribution in [0.5, 0.6) is 5.75 Å². The van der Waals surface area contributed by atoms with E-state index in [1.54, 1.807) is 0 Å². The van der Waals surface area contributed by atoms with Crippen LogP contribution in [0.15, 0.2) is 41.6 Å². The van der Waals surface area contributed by atoms with Crippen LogP contribution in [0.4, 0.5) is 5.69 Å². The summed E-state index contributed by atoms with van der Waals surface area (Å²) in [4.78, 5) is 12.5. The fraction of sp³-hybridized carbons (Fsp3) is 0.348. The molecule has 0 fully saturated rings. The van der Waals surface area contributed by atoms with Gasteiger partial charge in [-0.25, -0.2) is 0 Å². The summed E-state index contributed by atoms with van der Waals surface area (Å²) in [7, 11) is 1.89. The minimum atomic E-state index is -0.0554. The first-order valence-corrected chi connectivity index (χ1v) is 11.0. The van der Waals surface area contributed by atoms with E-state index in [1.165, 1.54) is 17.3 Å². The Morgan fingerprint density at radius 2 is 1.83 bits per heavy atom. The smallest absolute Gasteiger partial charge is 0.234 e. The molecule has 6 nitrogen and oxygen atoms in total. The maximum atomic E-state index is 12.5. The Morgan fingerprint density at radius 1 is 1.10 bits per heavy atom. The number of amides is 1. The zero-order chi connectivity index (χ0) is 21.7. The number of hydrogen-bond donors (Lipinski definition) is 1. The normalized spacial score (nSPS) is 10.8. The number of rotatable bonds is 8. The second kappa shape index (κ2) is 9.80. The number of nitrogens with zero attached hydrogens (tertiary/aromatic N) is 3. The largest absolute Gasteiger partial charge is 0.485 e. The highest BCUT2D eigenvalue weighted by molar-refractivity contribution is 7.99. The standard InChI is InChI=1S/C23H28N4O2S/c1-6-18-11-7-10-16(3)22(18)24-21(28)14-30-23-26-25-20(27(23)5)13-29-19-12-8-9-15(2)17(19)4/h7-12H,6,13-14H2,1-5H3,(H,24,28). The Morgan fingerprint density at radius 3 is 2.60 bits per heavy atom. The lowest BCUT2D eigenvalue weighted by Crippen LogP contribution is -2.16. The third-order valence-electron chi connectivity index (χ3n) is 5.17. The average molecular weight is 425 g/mol. The number of benzene rings is 2. The van der Waals surface area contributed by atoms with Crippen LogP contribution in [-0.2, 0) is 24.9 Å². The number of anilines is 1. The molecule has 7 heteroatoms. The van der Waals surface area contributed by atoms with Gasteiger partial charge in [0.25, 0.3) is 0 Å². The highest BCUT2D eigenvalue weighted by Crippen LogP contribution is 2.24. The van der Waals surface area contributed by atoms with Gasteiger partial charge in [0.1, 0.15) is 12.4 Å². The third-order valence-corrected chi connectivity index (χ3v) is 6.19. The van der Waals surface area contributed by atoms with E-state index < -0.39 is 0 Å². The molecular weight excluding hydrogens is 396 g/mol. The highest BCUT2D eigenvalue weighted by atomic mass is 32.2. The number of ether oxygens (including phenoxy) is 1. The molecule has 1 N–H and O–H groups in total. The van der Waals surface area contributed by atoms with Gasteiger partial charge in [0.05, 0.1) is 5.75 Å². The van der Waals surface area contributed by atoms with Crippen LogP contribution in [0, 0.1) is 20.8 Å². The molecule has 0 bridgehead atoms. The van der Waals surface area contributed by atoms with Crippen LogP contribution < -0.4 is 10.1 Å². The van der Waals surface area contributed by atoms with Crippen LogP contribution in [0.25, 0.3) is 0 Å². The number of aromatic nitrogens is 3. The molecule has 0 unspecified atom stereocenters. The van der Waals surface area contributed by atoms with E-state index in [4.69, 9.17) is 4.74 Å². The summed E-state index contributed by atoms with van der Waals surface area (Å²) in [6.45, 7) is 8.52. The van der Waals surface area contributed by atoms with E-state index in [0.29, 0.717) is 17.6 Å². The molecule has 158 valence electrons. The van der Waals surface area contributed by atoms with Crippen LogP contribution in [-0.4, -0.2) is 26.4 Å². The second-order valence-corrected chi connectivity index (χ2v) is 8.19. The summed E-state index contributed by atoms with van der Waals surface area (Å²) >= 11 is 1.36. The van der Waals surface area contributed by atoms with Crippen LogP contribution in [0.3, 0.4) is 0 Å². The zero-order valence-corrected chi connectivity index (χ0v) is 19.0. The maximum absolute atomic E-state index is 12.5. The second-order valence-electron chi connectivity index (χ2n) is 7.24. The van der Waals surface area contributed by atoms with Gasteiger partial charge in [-0.15, -0.1) is 10.2 Å². The van der Waals surface area contributed by atoms with Crippen molar-refractivity contribution in [1.29, 1.82) is 0 Å². The van der Waals surface area contributed by atoms with E-state index >= 15 is 0 Å². The van der Waals surface area contributed by atoms with Crippen molar-refractivity contribution in [3.8, 4) is 5.75 Å². The van der Waals surface area contributed by atoms with Crippen molar-refractivity contribution in [2.24, 2.45) is 7.05 Å². The molecule has 2 aromatic carbocycles. The summed E-state index contributed by atoms with van der Waals surface area (Å²) in [5.41, 5.74) is 5.42. The molecule has 3 aromatic rings. The minimum Gasteiger partial charge on any atom is -0.485 e. The number of aryl methyl sites for hydroxylation is 3. The quantitative estimate of drug-likeness (QED) is 0.535. The first-order chi connectivity index (χ1) is 14.4. The van der Waals surface area contributed by atoms with Gasteiger partial charge in [-0.2, -0.15) is 0 Å². The number of hydrogen-bond acceptors (Lipinski definition) is 5. The predicted molar refractivity (Wildman–Crippen MR) is 121 cm³/mol. The van der Waals surface area contributed by atoms with Crippen molar-refractivity contribution in [2.75, 3.05) is 11.1 Å². The fourth-order valence-electron chi connectivity index (χ4n) is 3.13. The molecule has 30 heavy (non-hydrogen) atoms. The first-order valence-electron chi connectivity index (χ1n) is 9.99. The van der Waals surface area contributed by atoms with Crippen LogP contribution in [0.2, 0.25) is 0 Å². The topological polar surface area (TPSA) is 69.0 Å². The summed E-state index contributed by atoms with van der Waals surface area (Å²) in [6.07, 6.45) is 0.873. The number of thioether (sulfide) groups is 1. The molecule has 0 aliphatic heterocycles.